The van der Waals surface area contributed by atoms with Gasteiger partial charge < -0.3 is 0 Å². The van der Waals surface area contributed by atoms with Crippen LogP contribution in [0.3, 0.4) is 0 Å². The molecule has 0 saturated carbocycles. The summed E-state index contributed by atoms with van der Waals surface area (Å²) in [5.41, 5.74) is 4.15. The first-order chi connectivity index (χ1) is 11.7. The van der Waals surface area contributed by atoms with Gasteiger partial charge in [0.1, 0.15) is 6.33 Å². The number of hydrogen-bond acceptors (Lipinski definition) is 6. The standard InChI is InChI=1S/C16H12ClN5O2/c17-15-14(22(23)24)16(19-11-18-15)20-21(12-7-3-1-4-8-12)13-9-5-2-6-10-13/h1-11H,(H,18,19,20). The van der Waals surface area contributed by atoms with Crippen LogP contribution in [0.2, 0.25) is 5.15 Å². The molecule has 8 heteroatoms. The Balaban J connectivity index is 2.06. The van der Waals surface area contributed by atoms with Crippen molar-refractivity contribution in [3.05, 3.63) is 82.3 Å². The zero-order valence-corrected chi connectivity index (χ0v) is 13.1. The van der Waals surface area contributed by atoms with Crippen LogP contribution < -0.4 is 10.4 Å². The molecule has 0 aliphatic heterocycles. The highest BCUT2D eigenvalue weighted by molar-refractivity contribution is 6.31. The Bertz CT molecular complexity index is 806. The lowest BCUT2D eigenvalue weighted by Gasteiger charge is -2.25. The number of para-hydroxylation sites is 2. The summed E-state index contributed by atoms with van der Waals surface area (Å²) in [6.07, 6.45) is 1.17. The van der Waals surface area contributed by atoms with Gasteiger partial charge in [-0.25, -0.2) is 9.97 Å². The third kappa shape index (κ3) is 3.26. The van der Waals surface area contributed by atoms with Crippen LogP contribution in [0.5, 0.6) is 0 Å². The van der Waals surface area contributed by atoms with Crippen LogP contribution in [0.25, 0.3) is 0 Å². The predicted molar refractivity (Wildman–Crippen MR) is 92.3 cm³/mol. The van der Waals surface area contributed by atoms with E-state index in [-0.39, 0.29) is 16.7 Å². The molecule has 120 valence electrons. The van der Waals surface area contributed by atoms with Crippen molar-refractivity contribution in [2.75, 3.05) is 10.4 Å². The lowest BCUT2D eigenvalue weighted by atomic mass is 10.2. The number of nitrogens with one attached hydrogen (secondary N) is 1. The lowest BCUT2D eigenvalue weighted by Crippen LogP contribution is -2.25. The zero-order valence-electron chi connectivity index (χ0n) is 12.3. The fraction of sp³-hybridized carbons (Fsp3) is 0. The minimum absolute atomic E-state index is 0.00714. The van der Waals surface area contributed by atoms with E-state index in [4.69, 9.17) is 11.6 Å². The maximum Gasteiger partial charge on any atom is 0.350 e. The molecule has 7 nitrogen and oxygen atoms in total. The van der Waals surface area contributed by atoms with Crippen molar-refractivity contribution in [1.29, 1.82) is 0 Å². The summed E-state index contributed by atoms with van der Waals surface area (Å²) in [5, 5.41) is 12.7. The second-order valence-electron chi connectivity index (χ2n) is 4.74. The van der Waals surface area contributed by atoms with E-state index in [0.717, 1.165) is 11.4 Å². The minimum atomic E-state index is -0.612. The number of benzene rings is 2. The summed E-state index contributed by atoms with van der Waals surface area (Å²) in [5.74, 6) is 0.00714. The highest BCUT2D eigenvalue weighted by atomic mass is 35.5. The van der Waals surface area contributed by atoms with E-state index in [0.29, 0.717) is 0 Å². The monoisotopic (exact) mass is 341 g/mol. The minimum Gasteiger partial charge on any atom is -0.271 e. The van der Waals surface area contributed by atoms with Crippen LogP contribution >= 0.6 is 11.6 Å². The van der Waals surface area contributed by atoms with E-state index in [1.54, 1.807) is 5.01 Å². The number of hydrogen-bond donors (Lipinski definition) is 1. The normalized spacial score (nSPS) is 10.2. The average Bonchev–Trinajstić information content (AvgIpc) is 2.61. The first kappa shape index (κ1) is 15.7. The van der Waals surface area contributed by atoms with E-state index in [1.165, 1.54) is 6.33 Å². The summed E-state index contributed by atoms with van der Waals surface area (Å²) < 4.78 is 0. The maximum atomic E-state index is 11.3. The molecule has 2 aromatic carbocycles. The van der Waals surface area contributed by atoms with E-state index >= 15 is 0 Å². The van der Waals surface area contributed by atoms with Gasteiger partial charge in [-0.1, -0.05) is 48.0 Å². The number of rotatable bonds is 5. The first-order valence-corrected chi connectivity index (χ1v) is 7.36. The van der Waals surface area contributed by atoms with Crippen LogP contribution in [-0.2, 0) is 0 Å². The SMILES string of the molecule is O=[N+]([O-])c1c(Cl)ncnc1NN(c1ccccc1)c1ccccc1. The Labute approximate surface area is 142 Å². The van der Waals surface area contributed by atoms with Gasteiger partial charge in [0.15, 0.2) is 0 Å². The molecular weight excluding hydrogens is 330 g/mol. The van der Waals surface area contributed by atoms with Crippen LogP contribution in [0.4, 0.5) is 22.9 Å². The molecule has 3 rings (SSSR count). The Morgan fingerprint density at radius 2 is 1.50 bits per heavy atom. The van der Waals surface area contributed by atoms with Gasteiger partial charge in [0.05, 0.1) is 16.3 Å². The summed E-state index contributed by atoms with van der Waals surface area (Å²) in [7, 11) is 0. The maximum absolute atomic E-state index is 11.3. The molecule has 0 spiro atoms. The summed E-state index contributed by atoms with van der Waals surface area (Å²) in [4.78, 5) is 18.3. The third-order valence-corrected chi connectivity index (χ3v) is 3.48. The van der Waals surface area contributed by atoms with Gasteiger partial charge in [-0.3, -0.25) is 20.5 Å². The summed E-state index contributed by atoms with van der Waals surface area (Å²) >= 11 is 5.85. The smallest absolute Gasteiger partial charge is 0.271 e. The Hall–Kier alpha value is -3.19. The second-order valence-corrected chi connectivity index (χ2v) is 5.10. The number of anilines is 3. The zero-order chi connectivity index (χ0) is 16.9. The lowest BCUT2D eigenvalue weighted by molar-refractivity contribution is -0.384. The van der Waals surface area contributed by atoms with Crippen molar-refractivity contribution in [1.82, 2.24) is 9.97 Å². The van der Waals surface area contributed by atoms with Gasteiger partial charge >= 0.3 is 5.69 Å². The predicted octanol–water partition coefficient (Wildman–Crippen LogP) is 4.20. The van der Waals surface area contributed by atoms with Crippen LogP contribution in [0.15, 0.2) is 67.0 Å². The van der Waals surface area contributed by atoms with E-state index in [2.05, 4.69) is 15.4 Å². The molecule has 3 aromatic rings. The molecule has 0 bridgehead atoms. The second kappa shape index (κ2) is 6.93. The van der Waals surface area contributed by atoms with Crippen molar-refractivity contribution in [2.24, 2.45) is 0 Å². The van der Waals surface area contributed by atoms with Gasteiger partial charge in [0, 0.05) is 0 Å². The van der Waals surface area contributed by atoms with E-state index in [9.17, 15) is 10.1 Å². The number of nitro groups is 1. The van der Waals surface area contributed by atoms with Crippen molar-refractivity contribution < 1.29 is 4.92 Å². The van der Waals surface area contributed by atoms with Gasteiger partial charge in [-0.2, -0.15) is 0 Å². The fourth-order valence-corrected chi connectivity index (χ4v) is 2.34. The van der Waals surface area contributed by atoms with Gasteiger partial charge in [-0.15, -0.1) is 0 Å². The Morgan fingerprint density at radius 3 is 2.00 bits per heavy atom. The van der Waals surface area contributed by atoms with Gasteiger partial charge in [0.25, 0.3) is 0 Å². The summed E-state index contributed by atoms with van der Waals surface area (Å²) in [6, 6.07) is 18.7. The average molecular weight is 342 g/mol. The number of nitrogens with zero attached hydrogens (tertiary/aromatic N) is 4. The molecule has 0 radical (unpaired) electrons. The molecule has 24 heavy (non-hydrogen) atoms. The molecule has 0 saturated heterocycles. The highest BCUT2D eigenvalue weighted by Crippen LogP contribution is 2.32. The largest absolute Gasteiger partial charge is 0.350 e. The number of hydrazine groups is 1. The molecule has 0 amide bonds. The van der Waals surface area contributed by atoms with E-state index in [1.807, 2.05) is 60.7 Å². The quantitative estimate of drug-likeness (QED) is 0.425. The van der Waals surface area contributed by atoms with E-state index < -0.39 is 4.92 Å². The highest BCUT2D eigenvalue weighted by Gasteiger charge is 2.23. The molecule has 0 fully saturated rings. The van der Waals surface area contributed by atoms with Crippen molar-refractivity contribution in [2.45, 2.75) is 0 Å². The van der Waals surface area contributed by atoms with Gasteiger partial charge in [0.2, 0.25) is 11.0 Å². The van der Waals surface area contributed by atoms with Crippen molar-refractivity contribution in [3.63, 3.8) is 0 Å². The molecule has 0 atom stereocenters. The fourth-order valence-electron chi connectivity index (χ4n) is 2.14. The van der Waals surface area contributed by atoms with Gasteiger partial charge in [-0.05, 0) is 24.3 Å². The molecule has 1 aromatic heterocycles. The number of aromatic nitrogens is 2. The van der Waals surface area contributed by atoms with Crippen LogP contribution in [0.1, 0.15) is 0 Å². The summed E-state index contributed by atoms with van der Waals surface area (Å²) in [6.45, 7) is 0. The Kier molecular flexibility index (Phi) is 4.53. The van der Waals surface area contributed by atoms with Crippen LogP contribution in [0, 0.1) is 10.1 Å². The molecule has 0 aliphatic rings. The van der Waals surface area contributed by atoms with Crippen molar-refractivity contribution in [3.8, 4) is 0 Å². The topological polar surface area (TPSA) is 84.2 Å². The number of halogens is 1. The third-order valence-electron chi connectivity index (χ3n) is 3.21. The Morgan fingerprint density at radius 1 is 0.958 bits per heavy atom. The molecule has 0 unspecified atom stereocenters. The molecule has 1 heterocycles. The first-order valence-electron chi connectivity index (χ1n) is 6.98. The van der Waals surface area contributed by atoms with Crippen molar-refractivity contribution >= 4 is 34.5 Å². The molecule has 0 aliphatic carbocycles. The van der Waals surface area contributed by atoms with Crippen LogP contribution in [-0.4, -0.2) is 14.9 Å². The molecular formula is C16H12ClN5O2. The molecule has 1 N–H and O–H groups in total.